The van der Waals surface area contributed by atoms with Crippen LogP contribution in [0.25, 0.3) is 0 Å². The van der Waals surface area contributed by atoms with Gasteiger partial charge in [-0.25, -0.2) is 4.57 Å². The highest BCUT2D eigenvalue weighted by molar-refractivity contribution is 7.17. The van der Waals surface area contributed by atoms with Gasteiger partial charge in [0.25, 0.3) is 0 Å². The van der Waals surface area contributed by atoms with Gasteiger partial charge in [0, 0.05) is 26.2 Å². The molecule has 7 heteroatoms. The smallest absolute Gasteiger partial charge is 0.395 e. The molecule has 0 unspecified atom stereocenters. The predicted molar refractivity (Wildman–Crippen MR) is 70.5 cm³/mol. The molecule has 1 aromatic carbocycles. The normalized spacial score (nSPS) is 13.4. The molecule has 2 rings (SSSR count). The highest BCUT2D eigenvalue weighted by atomic mass is 31.1. The van der Waals surface area contributed by atoms with Crippen LogP contribution >= 0.6 is 8.69 Å². The lowest BCUT2D eigenvalue weighted by Gasteiger charge is -2.11. The number of hydrogen-bond acceptors (Lipinski definition) is 6. The molecule has 1 aliphatic heterocycles. The molecule has 98 valence electrons. The van der Waals surface area contributed by atoms with E-state index in [4.69, 9.17) is 0 Å². The maximum atomic E-state index is 9.85. The van der Waals surface area contributed by atoms with Crippen molar-refractivity contribution in [3.8, 4) is 5.75 Å². The zero-order valence-corrected chi connectivity index (χ0v) is 10.8. The van der Waals surface area contributed by atoms with E-state index in [0.29, 0.717) is 5.75 Å². The number of rotatable bonds is 2. The minimum atomic E-state index is -0.305. The van der Waals surface area contributed by atoms with Gasteiger partial charge in [0.05, 0.1) is 0 Å². The Labute approximate surface area is 104 Å². The molecule has 1 heterocycles. The fourth-order valence-corrected chi connectivity index (χ4v) is 1.34. The summed E-state index contributed by atoms with van der Waals surface area (Å²) < 4.78 is 14.5. The van der Waals surface area contributed by atoms with E-state index in [1.807, 2.05) is 18.2 Å². The summed E-state index contributed by atoms with van der Waals surface area (Å²) in [5, 5.41) is 6.44. The van der Waals surface area contributed by atoms with Crippen molar-refractivity contribution in [2.45, 2.75) is 0 Å². The van der Waals surface area contributed by atoms with Crippen LogP contribution in [0.15, 0.2) is 30.3 Å². The van der Waals surface area contributed by atoms with Gasteiger partial charge in [0.1, 0.15) is 5.75 Å². The fourth-order valence-electron chi connectivity index (χ4n) is 1.13. The Morgan fingerprint density at radius 1 is 0.941 bits per heavy atom. The molecule has 6 nitrogen and oxygen atoms in total. The zero-order valence-electron chi connectivity index (χ0n) is 9.89. The summed E-state index contributed by atoms with van der Waals surface area (Å²) in [6, 6.07) is 8.99. The van der Waals surface area contributed by atoms with Gasteiger partial charge in [-0.3, -0.25) is 0 Å². The Kier molecular flexibility index (Phi) is 14.0. The molecular weight excluding hydrogens is 239 g/mol. The summed E-state index contributed by atoms with van der Waals surface area (Å²) in [4.78, 5) is 0. The molecule has 0 saturated carbocycles. The molecule has 0 atom stereocenters. The van der Waals surface area contributed by atoms with E-state index in [1.54, 1.807) is 12.1 Å². The summed E-state index contributed by atoms with van der Waals surface area (Å²) in [6.45, 7) is 4.56. The third-order valence-corrected chi connectivity index (χ3v) is 2.13. The van der Waals surface area contributed by atoms with Crippen LogP contribution in [0.2, 0.25) is 0 Å². The van der Waals surface area contributed by atoms with Crippen molar-refractivity contribution in [1.82, 2.24) is 22.9 Å². The Morgan fingerprint density at radius 2 is 1.41 bits per heavy atom. The van der Waals surface area contributed by atoms with E-state index in [2.05, 4.69) is 15.2 Å². The third-order valence-electron chi connectivity index (χ3n) is 1.84. The number of nitrogens with one attached hydrogen (secondary N) is 2. The average molecular weight is 260 g/mol. The number of benzene rings is 1. The van der Waals surface area contributed by atoms with Crippen LogP contribution in [0.5, 0.6) is 5.75 Å². The van der Waals surface area contributed by atoms with E-state index in [0.717, 1.165) is 26.2 Å². The number of piperazine rings is 1. The molecule has 17 heavy (non-hydrogen) atoms. The van der Waals surface area contributed by atoms with Crippen LogP contribution in [0.1, 0.15) is 0 Å². The summed E-state index contributed by atoms with van der Waals surface area (Å²) in [7, 11) is -0.305. The number of para-hydroxylation sites is 1. The zero-order chi connectivity index (χ0) is 10.8. The van der Waals surface area contributed by atoms with Gasteiger partial charge in [0.15, 0.2) is 0 Å². The maximum absolute atomic E-state index is 9.85. The van der Waals surface area contributed by atoms with Crippen LogP contribution < -0.4 is 27.5 Å². The second kappa shape index (κ2) is 13.0. The van der Waals surface area contributed by atoms with Gasteiger partial charge < -0.3 is 27.5 Å². The minimum absolute atomic E-state index is 0. The van der Waals surface area contributed by atoms with Crippen molar-refractivity contribution >= 4 is 8.69 Å². The van der Waals surface area contributed by atoms with Crippen LogP contribution in [0.3, 0.4) is 0 Å². The lowest BCUT2D eigenvalue weighted by Crippen LogP contribution is -2.39. The second-order valence-corrected chi connectivity index (χ2v) is 3.31. The van der Waals surface area contributed by atoms with Crippen molar-refractivity contribution in [2.24, 2.45) is 0 Å². The first-order valence-electron chi connectivity index (χ1n) is 4.89. The molecule has 1 aliphatic rings. The van der Waals surface area contributed by atoms with Gasteiger partial charge in [-0.15, -0.1) is 0 Å². The molecule has 0 aliphatic carbocycles. The number of hydrogen-bond donors (Lipinski definition) is 4. The summed E-state index contributed by atoms with van der Waals surface area (Å²) >= 11 is 0. The Hall–Kier alpha value is -1.04. The first kappa shape index (κ1) is 18.3. The van der Waals surface area contributed by atoms with E-state index in [9.17, 15) is 4.57 Å². The lowest BCUT2D eigenvalue weighted by molar-refractivity contribution is 0.525. The van der Waals surface area contributed by atoms with Crippen molar-refractivity contribution in [1.29, 1.82) is 0 Å². The second-order valence-electron chi connectivity index (χ2n) is 2.98. The Morgan fingerprint density at radius 3 is 1.76 bits per heavy atom. The Bertz CT molecular complexity index is 259. The average Bonchev–Trinajstić information content (AvgIpc) is 2.34. The Balaban J connectivity index is 0. The molecule has 0 amide bonds. The molecule has 0 bridgehead atoms. The molecule has 1 aromatic rings. The summed E-state index contributed by atoms with van der Waals surface area (Å²) in [5.41, 5.74) is 0. The molecular formula is C10H21N4O2P. The standard InChI is InChI=1S/C6H5O2P.C4H10N2.2H3N/c7-9-8-6-4-2-1-3-5-6;1-2-6-4-3-5-1;;/h1-5H;5-6H,1-4H2;2*1H3. The maximum Gasteiger partial charge on any atom is 0.395 e. The molecule has 8 N–H and O–H groups in total. The lowest BCUT2D eigenvalue weighted by atomic mass is 10.3. The van der Waals surface area contributed by atoms with E-state index in [-0.39, 0.29) is 21.0 Å². The van der Waals surface area contributed by atoms with Crippen molar-refractivity contribution in [3.63, 3.8) is 0 Å². The topological polar surface area (TPSA) is 120 Å². The van der Waals surface area contributed by atoms with Crippen LogP contribution in [-0.4, -0.2) is 26.2 Å². The predicted octanol–water partition coefficient (Wildman–Crippen LogP) is 1.78. The highest BCUT2D eigenvalue weighted by Crippen LogP contribution is 2.12. The fraction of sp³-hybridized carbons (Fsp3) is 0.400. The first-order chi connectivity index (χ1) is 7.43. The summed E-state index contributed by atoms with van der Waals surface area (Å²) in [5.74, 6) is 0.620. The van der Waals surface area contributed by atoms with Crippen LogP contribution in [0.4, 0.5) is 0 Å². The van der Waals surface area contributed by atoms with E-state index < -0.39 is 0 Å². The summed E-state index contributed by atoms with van der Waals surface area (Å²) in [6.07, 6.45) is 0. The first-order valence-corrected chi connectivity index (χ1v) is 5.62. The van der Waals surface area contributed by atoms with Gasteiger partial charge in [0.2, 0.25) is 0 Å². The van der Waals surface area contributed by atoms with Gasteiger partial charge >= 0.3 is 8.69 Å². The highest BCUT2D eigenvalue weighted by Gasteiger charge is 1.91. The van der Waals surface area contributed by atoms with Crippen molar-refractivity contribution in [3.05, 3.63) is 30.3 Å². The van der Waals surface area contributed by atoms with Crippen molar-refractivity contribution < 1.29 is 9.09 Å². The van der Waals surface area contributed by atoms with Gasteiger partial charge in [-0.05, 0) is 12.1 Å². The quantitative estimate of drug-likeness (QED) is 0.601. The minimum Gasteiger partial charge on any atom is -0.408 e. The van der Waals surface area contributed by atoms with Gasteiger partial charge in [-0.1, -0.05) is 18.2 Å². The van der Waals surface area contributed by atoms with Crippen molar-refractivity contribution in [2.75, 3.05) is 26.2 Å². The van der Waals surface area contributed by atoms with E-state index >= 15 is 0 Å². The SMILES string of the molecule is C1CNCCN1.N.N.O=POc1ccccc1. The van der Waals surface area contributed by atoms with Crippen LogP contribution in [-0.2, 0) is 4.57 Å². The molecule has 0 aromatic heterocycles. The van der Waals surface area contributed by atoms with E-state index in [1.165, 1.54) is 0 Å². The molecule has 1 saturated heterocycles. The van der Waals surface area contributed by atoms with Gasteiger partial charge in [-0.2, -0.15) is 0 Å². The molecule has 1 fully saturated rings. The third kappa shape index (κ3) is 9.86. The monoisotopic (exact) mass is 260 g/mol. The molecule has 0 spiro atoms. The molecule has 0 radical (unpaired) electrons. The largest absolute Gasteiger partial charge is 0.408 e. The van der Waals surface area contributed by atoms with Crippen LogP contribution in [0, 0.1) is 0 Å².